The molecule has 0 aliphatic rings. The number of nitrogens with zero attached hydrogens (tertiary/aromatic N) is 2. The van der Waals surface area contributed by atoms with E-state index in [0.717, 1.165) is 16.7 Å². The predicted molar refractivity (Wildman–Crippen MR) is 151 cm³/mol. The van der Waals surface area contributed by atoms with Gasteiger partial charge in [0.1, 0.15) is 12.6 Å². The molecule has 0 radical (unpaired) electrons. The summed E-state index contributed by atoms with van der Waals surface area (Å²) in [5.74, 6) is -0.713. The highest BCUT2D eigenvalue weighted by Gasteiger charge is 2.34. The summed E-state index contributed by atoms with van der Waals surface area (Å²) in [6, 6.07) is 22.5. The van der Waals surface area contributed by atoms with Crippen LogP contribution in [0.15, 0.2) is 83.8 Å². The van der Waals surface area contributed by atoms with E-state index in [4.69, 9.17) is 0 Å². The second kappa shape index (κ2) is 13.2. The van der Waals surface area contributed by atoms with Crippen molar-refractivity contribution in [1.82, 2.24) is 10.2 Å². The van der Waals surface area contributed by atoms with Gasteiger partial charge in [0.25, 0.3) is 10.0 Å². The highest BCUT2D eigenvalue weighted by atomic mass is 32.2. The number of carbonyl (C=O) groups is 2. The zero-order valence-corrected chi connectivity index (χ0v) is 23.4. The standard InChI is InChI=1S/C30H37N3O4S/c1-5-25-15-11-12-16-28(25)33(38(36,37)26-19-17-23(4)18-20-26)22-29(34)32(21-24-13-9-8-10-14-24)27(6-2)30(35)31-7-3/h8-20,27H,5-7,21-22H2,1-4H3,(H,31,35). The Kier molecular flexibility index (Phi) is 10.1. The van der Waals surface area contributed by atoms with Crippen molar-refractivity contribution in [2.45, 2.75) is 58.0 Å². The predicted octanol–water partition coefficient (Wildman–Crippen LogP) is 4.70. The fourth-order valence-corrected chi connectivity index (χ4v) is 5.85. The fraction of sp³-hybridized carbons (Fsp3) is 0.333. The maximum Gasteiger partial charge on any atom is 0.264 e. The number of anilines is 1. The number of hydrogen-bond acceptors (Lipinski definition) is 4. The van der Waals surface area contributed by atoms with E-state index < -0.39 is 28.5 Å². The van der Waals surface area contributed by atoms with E-state index in [-0.39, 0.29) is 17.3 Å². The molecule has 0 fully saturated rings. The molecule has 7 nitrogen and oxygen atoms in total. The summed E-state index contributed by atoms with van der Waals surface area (Å²) in [6.07, 6.45) is 0.981. The minimum atomic E-state index is -4.08. The van der Waals surface area contributed by atoms with Gasteiger partial charge in [-0.15, -0.1) is 0 Å². The number of rotatable bonds is 12. The molecule has 0 heterocycles. The zero-order chi connectivity index (χ0) is 27.7. The van der Waals surface area contributed by atoms with Crippen LogP contribution in [0.2, 0.25) is 0 Å². The van der Waals surface area contributed by atoms with Gasteiger partial charge in [0, 0.05) is 13.1 Å². The highest BCUT2D eigenvalue weighted by Crippen LogP contribution is 2.28. The number of aryl methyl sites for hydroxylation is 2. The van der Waals surface area contributed by atoms with Gasteiger partial charge in [0.15, 0.2) is 0 Å². The zero-order valence-electron chi connectivity index (χ0n) is 22.6. The first-order valence-electron chi connectivity index (χ1n) is 13.0. The Balaban J connectivity index is 2.09. The van der Waals surface area contributed by atoms with Crippen molar-refractivity contribution in [3.05, 3.63) is 95.6 Å². The Labute approximate surface area is 226 Å². The number of benzene rings is 3. The first-order valence-corrected chi connectivity index (χ1v) is 14.4. The van der Waals surface area contributed by atoms with Crippen molar-refractivity contribution in [3.8, 4) is 0 Å². The minimum Gasteiger partial charge on any atom is -0.355 e. The molecule has 0 aromatic heterocycles. The number of nitrogens with one attached hydrogen (secondary N) is 1. The molecule has 0 saturated carbocycles. The van der Waals surface area contributed by atoms with Crippen molar-refractivity contribution in [2.24, 2.45) is 0 Å². The lowest BCUT2D eigenvalue weighted by molar-refractivity contribution is -0.140. The van der Waals surface area contributed by atoms with E-state index in [9.17, 15) is 18.0 Å². The van der Waals surface area contributed by atoms with Gasteiger partial charge in [-0.1, -0.05) is 80.1 Å². The van der Waals surface area contributed by atoms with E-state index in [1.165, 1.54) is 9.21 Å². The topological polar surface area (TPSA) is 86.8 Å². The van der Waals surface area contributed by atoms with Gasteiger partial charge in [-0.2, -0.15) is 0 Å². The summed E-state index contributed by atoms with van der Waals surface area (Å²) in [5, 5.41) is 2.82. The van der Waals surface area contributed by atoms with Crippen molar-refractivity contribution in [2.75, 3.05) is 17.4 Å². The van der Waals surface area contributed by atoms with Crippen LogP contribution < -0.4 is 9.62 Å². The summed E-state index contributed by atoms with van der Waals surface area (Å²) in [5.41, 5.74) is 3.05. The van der Waals surface area contributed by atoms with Crippen LogP contribution in [-0.4, -0.2) is 44.3 Å². The lowest BCUT2D eigenvalue weighted by Crippen LogP contribution is -2.52. The molecule has 1 unspecified atom stereocenters. The molecular weight excluding hydrogens is 498 g/mol. The van der Waals surface area contributed by atoms with E-state index in [0.29, 0.717) is 25.1 Å². The molecule has 0 saturated heterocycles. The molecule has 3 aromatic carbocycles. The Morgan fingerprint density at radius 1 is 0.868 bits per heavy atom. The summed E-state index contributed by atoms with van der Waals surface area (Å²) in [6.45, 7) is 7.68. The van der Waals surface area contributed by atoms with Crippen LogP contribution >= 0.6 is 0 Å². The summed E-state index contributed by atoms with van der Waals surface area (Å²) >= 11 is 0. The summed E-state index contributed by atoms with van der Waals surface area (Å²) in [7, 11) is -4.08. The van der Waals surface area contributed by atoms with Crippen LogP contribution in [-0.2, 0) is 32.6 Å². The third-order valence-electron chi connectivity index (χ3n) is 6.46. The summed E-state index contributed by atoms with van der Waals surface area (Å²) < 4.78 is 29.1. The monoisotopic (exact) mass is 535 g/mol. The lowest BCUT2D eigenvalue weighted by Gasteiger charge is -2.33. The Bertz CT molecular complexity index is 1330. The van der Waals surface area contributed by atoms with Crippen LogP contribution in [0.1, 0.15) is 43.9 Å². The third kappa shape index (κ3) is 6.81. The third-order valence-corrected chi connectivity index (χ3v) is 8.24. The van der Waals surface area contributed by atoms with E-state index in [1.54, 1.807) is 36.4 Å². The number of hydrogen-bond donors (Lipinski definition) is 1. The van der Waals surface area contributed by atoms with Gasteiger partial charge < -0.3 is 10.2 Å². The van der Waals surface area contributed by atoms with Crippen LogP contribution in [0.4, 0.5) is 5.69 Å². The van der Waals surface area contributed by atoms with Gasteiger partial charge in [-0.3, -0.25) is 13.9 Å². The quantitative estimate of drug-likeness (QED) is 0.364. The normalized spacial score (nSPS) is 12.0. The molecule has 38 heavy (non-hydrogen) atoms. The molecule has 0 aliphatic heterocycles. The second-order valence-electron chi connectivity index (χ2n) is 9.13. The van der Waals surface area contributed by atoms with Crippen molar-refractivity contribution >= 4 is 27.5 Å². The van der Waals surface area contributed by atoms with Gasteiger partial charge in [-0.25, -0.2) is 8.42 Å². The molecule has 1 atom stereocenters. The lowest BCUT2D eigenvalue weighted by atomic mass is 10.1. The largest absolute Gasteiger partial charge is 0.355 e. The molecule has 0 aliphatic carbocycles. The van der Waals surface area contributed by atoms with E-state index in [2.05, 4.69) is 5.32 Å². The Morgan fingerprint density at radius 3 is 2.11 bits per heavy atom. The van der Waals surface area contributed by atoms with Crippen molar-refractivity contribution in [1.29, 1.82) is 0 Å². The van der Waals surface area contributed by atoms with Gasteiger partial charge in [0.05, 0.1) is 10.6 Å². The first-order chi connectivity index (χ1) is 18.2. The molecular formula is C30H37N3O4S. The van der Waals surface area contributed by atoms with Gasteiger partial charge in [0.2, 0.25) is 11.8 Å². The SMILES string of the molecule is CCNC(=O)C(CC)N(Cc1ccccc1)C(=O)CN(c1ccccc1CC)S(=O)(=O)c1ccc(C)cc1. The maximum absolute atomic E-state index is 14.0. The van der Waals surface area contributed by atoms with Crippen LogP contribution in [0.3, 0.4) is 0 Å². The molecule has 202 valence electrons. The first kappa shape index (κ1) is 28.9. The molecule has 8 heteroatoms. The molecule has 0 spiro atoms. The number of para-hydroxylation sites is 1. The molecule has 3 aromatic rings. The Morgan fingerprint density at radius 2 is 1.50 bits per heavy atom. The van der Waals surface area contributed by atoms with Crippen LogP contribution in [0, 0.1) is 6.92 Å². The fourth-order valence-electron chi connectivity index (χ4n) is 4.40. The van der Waals surface area contributed by atoms with Crippen LogP contribution in [0.5, 0.6) is 0 Å². The van der Waals surface area contributed by atoms with E-state index in [1.807, 2.05) is 70.2 Å². The van der Waals surface area contributed by atoms with Crippen molar-refractivity contribution in [3.63, 3.8) is 0 Å². The molecule has 3 rings (SSSR count). The van der Waals surface area contributed by atoms with Gasteiger partial charge >= 0.3 is 0 Å². The maximum atomic E-state index is 14.0. The summed E-state index contributed by atoms with van der Waals surface area (Å²) in [4.78, 5) is 28.6. The molecule has 0 bridgehead atoms. The number of carbonyl (C=O) groups excluding carboxylic acids is 2. The number of amides is 2. The average Bonchev–Trinajstić information content (AvgIpc) is 2.92. The number of sulfonamides is 1. The van der Waals surface area contributed by atoms with Crippen molar-refractivity contribution < 1.29 is 18.0 Å². The smallest absolute Gasteiger partial charge is 0.264 e. The molecule has 1 N–H and O–H groups in total. The van der Waals surface area contributed by atoms with E-state index >= 15 is 0 Å². The molecule has 2 amide bonds. The average molecular weight is 536 g/mol. The van der Waals surface area contributed by atoms with Gasteiger partial charge in [-0.05, 0) is 56.0 Å². The van der Waals surface area contributed by atoms with Crippen LogP contribution in [0.25, 0.3) is 0 Å². The Hall–Kier alpha value is -3.65. The highest BCUT2D eigenvalue weighted by molar-refractivity contribution is 7.92. The number of likely N-dealkylation sites (N-methyl/N-ethyl adjacent to an activating group) is 1. The second-order valence-corrected chi connectivity index (χ2v) is 11.0. The minimum absolute atomic E-state index is 0.104.